The average molecular weight is 203 g/mol. The summed E-state index contributed by atoms with van der Waals surface area (Å²) in [5.41, 5.74) is 5.62. The van der Waals surface area contributed by atoms with E-state index in [0.717, 1.165) is 5.76 Å². The fraction of sp³-hybridized carbons (Fsp3) is 0.100. The van der Waals surface area contributed by atoms with Gasteiger partial charge in [-0.2, -0.15) is 0 Å². The van der Waals surface area contributed by atoms with Crippen LogP contribution >= 0.6 is 0 Å². The summed E-state index contributed by atoms with van der Waals surface area (Å²) in [6.07, 6.45) is 1.47. The zero-order chi connectivity index (χ0) is 10.8. The highest BCUT2D eigenvalue weighted by atomic mass is 16.3. The van der Waals surface area contributed by atoms with Crippen LogP contribution in [0.25, 0.3) is 11.5 Å². The third-order valence-electron chi connectivity index (χ3n) is 1.87. The number of aryl methyl sites for hydroxylation is 1. The lowest BCUT2D eigenvalue weighted by molar-refractivity contribution is 0.0990. The van der Waals surface area contributed by atoms with Crippen molar-refractivity contribution in [3.05, 3.63) is 36.0 Å². The second-order valence-corrected chi connectivity index (χ2v) is 3.04. The van der Waals surface area contributed by atoms with Crippen LogP contribution in [0.1, 0.15) is 16.4 Å². The third kappa shape index (κ3) is 1.85. The first-order valence-electron chi connectivity index (χ1n) is 4.36. The maximum absolute atomic E-state index is 10.9. The van der Waals surface area contributed by atoms with E-state index in [2.05, 4.69) is 9.97 Å². The van der Waals surface area contributed by atoms with Crippen molar-refractivity contribution in [2.24, 2.45) is 5.73 Å². The van der Waals surface area contributed by atoms with Crippen LogP contribution in [-0.2, 0) is 0 Å². The first-order valence-corrected chi connectivity index (χ1v) is 4.36. The lowest BCUT2D eigenvalue weighted by atomic mass is 10.3. The molecule has 0 aliphatic rings. The number of carbonyl (C=O) groups excluding carboxylic acids is 1. The number of furan rings is 1. The van der Waals surface area contributed by atoms with E-state index < -0.39 is 5.91 Å². The molecule has 0 saturated carbocycles. The molecule has 0 saturated heterocycles. The van der Waals surface area contributed by atoms with Gasteiger partial charge >= 0.3 is 0 Å². The van der Waals surface area contributed by atoms with Gasteiger partial charge < -0.3 is 10.2 Å². The number of nitrogens with two attached hydrogens (primary N) is 1. The molecule has 2 aromatic heterocycles. The summed E-state index contributed by atoms with van der Waals surface area (Å²) in [4.78, 5) is 18.6. The molecule has 1 amide bonds. The highest BCUT2D eigenvalue weighted by Crippen LogP contribution is 2.18. The van der Waals surface area contributed by atoms with Crippen molar-refractivity contribution in [2.45, 2.75) is 6.92 Å². The van der Waals surface area contributed by atoms with Gasteiger partial charge in [0.1, 0.15) is 11.5 Å². The number of nitrogens with zero attached hydrogens (tertiary/aromatic N) is 2. The first-order chi connectivity index (χ1) is 7.16. The Hall–Kier alpha value is -2.17. The molecule has 2 N–H and O–H groups in total. The van der Waals surface area contributed by atoms with Crippen LogP contribution in [0.4, 0.5) is 0 Å². The SMILES string of the molecule is Cc1ccc(-c2ccnc(C(N)=O)n2)o1. The molecular weight excluding hydrogens is 194 g/mol. The fourth-order valence-corrected chi connectivity index (χ4v) is 1.19. The Labute approximate surface area is 86.0 Å². The number of hydrogen-bond donors (Lipinski definition) is 1. The van der Waals surface area contributed by atoms with Crippen LogP contribution in [0.2, 0.25) is 0 Å². The summed E-state index contributed by atoms with van der Waals surface area (Å²) in [6, 6.07) is 5.26. The molecule has 2 heterocycles. The van der Waals surface area contributed by atoms with Gasteiger partial charge in [-0.3, -0.25) is 4.79 Å². The predicted molar refractivity (Wildman–Crippen MR) is 53.0 cm³/mol. The molecule has 0 atom stereocenters. The molecular formula is C10H9N3O2. The standard InChI is InChI=1S/C10H9N3O2/c1-6-2-3-8(15-6)7-4-5-12-10(13-7)9(11)14/h2-5H,1H3,(H2,11,14). The molecule has 5 heteroatoms. The number of aromatic nitrogens is 2. The largest absolute Gasteiger partial charge is 0.460 e. The highest BCUT2D eigenvalue weighted by molar-refractivity contribution is 5.89. The molecule has 0 radical (unpaired) electrons. The van der Waals surface area contributed by atoms with Gasteiger partial charge in [0.05, 0.1) is 0 Å². The molecule has 0 unspecified atom stereocenters. The number of carbonyl (C=O) groups is 1. The summed E-state index contributed by atoms with van der Waals surface area (Å²) in [6.45, 7) is 1.83. The minimum Gasteiger partial charge on any atom is -0.460 e. The lowest BCUT2D eigenvalue weighted by Crippen LogP contribution is -2.15. The van der Waals surface area contributed by atoms with E-state index in [1.54, 1.807) is 12.1 Å². The molecule has 15 heavy (non-hydrogen) atoms. The van der Waals surface area contributed by atoms with Crippen LogP contribution in [0.15, 0.2) is 28.8 Å². The van der Waals surface area contributed by atoms with Gasteiger partial charge in [-0.1, -0.05) is 0 Å². The van der Waals surface area contributed by atoms with Crippen LogP contribution in [0.5, 0.6) is 0 Å². The Bertz CT molecular complexity index is 505. The zero-order valence-electron chi connectivity index (χ0n) is 8.10. The first kappa shape index (κ1) is 9.39. The van der Waals surface area contributed by atoms with Crippen molar-refractivity contribution in [2.75, 3.05) is 0 Å². The average Bonchev–Trinajstić information content (AvgIpc) is 2.65. The van der Waals surface area contributed by atoms with E-state index in [-0.39, 0.29) is 5.82 Å². The Morgan fingerprint density at radius 3 is 2.80 bits per heavy atom. The van der Waals surface area contributed by atoms with Gasteiger partial charge in [-0.25, -0.2) is 9.97 Å². The fourth-order valence-electron chi connectivity index (χ4n) is 1.19. The normalized spacial score (nSPS) is 10.2. The van der Waals surface area contributed by atoms with Crippen molar-refractivity contribution in [1.29, 1.82) is 0 Å². The van der Waals surface area contributed by atoms with Gasteiger partial charge in [0.2, 0.25) is 5.82 Å². The van der Waals surface area contributed by atoms with E-state index in [1.165, 1.54) is 6.20 Å². The van der Waals surface area contributed by atoms with Gasteiger partial charge in [-0.15, -0.1) is 0 Å². The minimum absolute atomic E-state index is 0.0125. The summed E-state index contributed by atoms with van der Waals surface area (Å²) in [5, 5.41) is 0. The molecule has 0 aliphatic heterocycles. The van der Waals surface area contributed by atoms with Crippen LogP contribution in [0.3, 0.4) is 0 Å². The molecule has 2 aromatic rings. The quantitative estimate of drug-likeness (QED) is 0.793. The Balaban J connectivity index is 2.45. The van der Waals surface area contributed by atoms with E-state index in [1.807, 2.05) is 13.0 Å². The smallest absolute Gasteiger partial charge is 0.286 e. The van der Waals surface area contributed by atoms with Crippen molar-refractivity contribution < 1.29 is 9.21 Å². The minimum atomic E-state index is -0.653. The lowest BCUT2D eigenvalue weighted by Gasteiger charge is -1.97. The molecule has 0 bridgehead atoms. The van der Waals surface area contributed by atoms with Crippen LogP contribution in [0, 0.1) is 6.92 Å². The van der Waals surface area contributed by atoms with E-state index in [0.29, 0.717) is 11.5 Å². The van der Waals surface area contributed by atoms with Crippen LogP contribution < -0.4 is 5.73 Å². The van der Waals surface area contributed by atoms with Crippen molar-refractivity contribution >= 4 is 5.91 Å². The molecule has 0 aromatic carbocycles. The van der Waals surface area contributed by atoms with Crippen LogP contribution in [-0.4, -0.2) is 15.9 Å². The van der Waals surface area contributed by atoms with Crippen molar-refractivity contribution in [1.82, 2.24) is 9.97 Å². The van der Waals surface area contributed by atoms with Gasteiger partial charge in [-0.05, 0) is 25.1 Å². The second-order valence-electron chi connectivity index (χ2n) is 3.04. The van der Waals surface area contributed by atoms with Gasteiger partial charge in [0, 0.05) is 6.20 Å². The Morgan fingerprint density at radius 1 is 1.40 bits per heavy atom. The molecule has 5 nitrogen and oxygen atoms in total. The highest BCUT2D eigenvalue weighted by Gasteiger charge is 2.08. The number of primary amides is 1. The molecule has 0 aliphatic carbocycles. The van der Waals surface area contributed by atoms with Crippen molar-refractivity contribution in [3.8, 4) is 11.5 Å². The summed E-state index contributed by atoms with van der Waals surface area (Å²) < 4.78 is 5.36. The number of hydrogen-bond acceptors (Lipinski definition) is 4. The van der Waals surface area contributed by atoms with E-state index >= 15 is 0 Å². The van der Waals surface area contributed by atoms with Crippen molar-refractivity contribution in [3.63, 3.8) is 0 Å². The maximum Gasteiger partial charge on any atom is 0.286 e. The van der Waals surface area contributed by atoms with E-state index in [9.17, 15) is 4.79 Å². The molecule has 76 valence electrons. The molecule has 0 spiro atoms. The molecule has 2 rings (SSSR count). The Kier molecular flexibility index (Phi) is 2.21. The summed E-state index contributed by atoms with van der Waals surface area (Å²) in [7, 11) is 0. The predicted octanol–water partition coefficient (Wildman–Crippen LogP) is 1.14. The Morgan fingerprint density at radius 2 is 2.20 bits per heavy atom. The van der Waals surface area contributed by atoms with E-state index in [4.69, 9.17) is 10.2 Å². The number of amides is 1. The summed E-state index contributed by atoms with van der Waals surface area (Å²) in [5.74, 6) is 0.711. The van der Waals surface area contributed by atoms with Gasteiger partial charge in [0.25, 0.3) is 5.91 Å². The second kappa shape index (κ2) is 3.53. The monoisotopic (exact) mass is 203 g/mol. The topological polar surface area (TPSA) is 82.0 Å². The summed E-state index contributed by atoms with van der Waals surface area (Å²) >= 11 is 0. The molecule has 0 fully saturated rings. The maximum atomic E-state index is 10.9. The third-order valence-corrected chi connectivity index (χ3v) is 1.87. The zero-order valence-corrected chi connectivity index (χ0v) is 8.10. The number of rotatable bonds is 2. The van der Waals surface area contributed by atoms with Gasteiger partial charge in [0.15, 0.2) is 5.76 Å².